The number of rotatable bonds is 2. The largest absolute Gasteiger partial charge is 0.441 e. The van der Waals surface area contributed by atoms with Crippen LogP contribution in [-0.2, 0) is 11.3 Å². The Kier molecular flexibility index (Phi) is 3.42. The molecule has 2 saturated heterocycles. The summed E-state index contributed by atoms with van der Waals surface area (Å²) in [5.41, 5.74) is 0.901. The van der Waals surface area contributed by atoms with E-state index in [2.05, 4.69) is 5.32 Å². The van der Waals surface area contributed by atoms with Crippen LogP contribution in [0.1, 0.15) is 24.8 Å². The van der Waals surface area contributed by atoms with Crippen LogP contribution in [0.3, 0.4) is 0 Å². The third kappa shape index (κ3) is 2.73. The number of amides is 1. The molecule has 2 fully saturated rings. The van der Waals surface area contributed by atoms with Gasteiger partial charge in [-0.2, -0.15) is 0 Å². The minimum absolute atomic E-state index is 0.161. The van der Waals surface area contributed by atoms with E-state index in [0.717, 1.165) is 44.5 Å². The third-order valence-corrected chi connectivity index (χ3v) is 4.00. The molecule has 1 aromatic carbocycles. The highest BCUT2D eigenvalue weighted by Gasteiger charge is 2.44. The Morgan fingerprint density at radius 2 is 2.05 bits per heavy atom. The Morgan fingerprint density at radius 3 is 2.89 bits per heavy atom. The smallest absolute Gasteiger partial charge is 0.410 e. The maximum Gasteiger partial charge on any atom is 0.410 e. The van der Waals surface area contributed by atoms with Gasteiger partial charge in [-0.3, -0.25) is 4.90 Å². The topological polar surface area (TPSA) is 41.6 Å². The molecule has 0 bridgehead atoms. The Labute approximate surface area is 113 Å². The maximum absolute atomic E-state index is 12.0. The molecular weight excluding hydrogens is 240 g/mol. The third-order valence-electron chi connectivity index (χ3n) is 4.00. The second kappa shape index (κ2) is 5.21. The van der Waals surface area contributed by atoms with E-state index < -0.39 is 0 Å². The first kappa shape index (κ1) is 12.5. The molecule has 2 heterocycles. The number of nitrogens with zero attached hydrogens (tertiary/aromatic N) is 1. The van der Waals surface area contributed by atoms with Crippen LogP contribution in [0.25, 0.3) is 0 Å². The maximum atomic E-state index is 12.0. The van der Waals surface area contributed by atoms with E-state index in [1.807, 2.05) is 35.2 Å². The van der Waals surface area contributed by atoms with E-state index in [9.17, 15) is 4.79 Å². The number of hydrogen-bond donors (Lipinski definition) is 1. The number of carbonyl (C=O) groups is 1. The summed E-state index contributed by atoms with van der Waals surface area (Å²) in [5.74, 6) is 0. The van der Waals surface area contributed by atoms with Gasteiger partial charge in [-0.15, -0.1) is 0 Å². The first-order chi connectivity index (χ1) is 9.27. The summed E-state index contributed by atoms with van der Waals surface area (Å²) in [6.07, 6.45) is 2.80. The summed E-state index contributed by atoms with van der Waals surface area (Å²) in [6.45, 7) is 3.34. The number of ether oxygens (including phenoxy) is 1. The van der Waals surface area contributed by atoms with Crippen LogP contribution in [0.4, 0.5) is 4.79 Å². The van der Waals surface area contributed by atoms with Gasteiger partial charge in [-0.05, 0) is 31.5 Å². The van der Waals surface area contributed by atoms with E-state index in [-0.39, 0.29) is 11.7 Å². The Bertz CT molecular complexity index is 439. The quantitative estimate of drug-likeness (QED) is 0.886. The zero-order valence-electron chi connectivity index (χ0n) is 11.1. The fourth-order valence-corrected chi connectivity index (χ4v) is 2.98. The van der Waals surface area contributed by atoms with Gasteiger partial charge in [0.25, 0.3) is 0 Å². The molecule has 2 aliphatic heterocycles. The van der Waals surface area contributed by atoms with Gasteiger partial charge in [-0.1, -0.05) is 30.3 Å². The van der Waals surface area contributed by atoms with Crippen LogP contribution < -0.4 is 5.32 Å². The summed E-state index contributed by atoms with van der Waals surface area (Å²) >= 11 is 0. The van der Waals surface area contributed by atoms with Gasteiger partial charge in [0.1, 0.15) is 5.60 Å². The average molecular weight is 260 g/mol. The highest BCUT2D eigenvalue weighted by atomic mass is 16.6. The number of carbonyl (C=O) groups excluding carboxylic acids is 1. The van der Waals surface area contributed by atoms with Crippen LogP contribution in [0.2, 0.25) is 0 Å². The van der Waals surface area contributed by atoms with E-state index >= 15 is 0 Å². The van der Waals surface area contributed by atoms with Crippen molar-refractivity contribution in [2.75, 3.05) is 19.6 Å². The van der Waals surface area contributed by atoms with Crippen LogP contribution in [-0.4, -0.2) is 36.2 Å². The fourth-order valence-electron chi connectivity index (χ4n) is 2.98. The second-order valence-electron chi connectivity index (χ2n) is 5.50. The lowest BCUT2D eigenvalue weighted by Crippen LogP contribution is -2.35. The Morgan fingerprint density at radius 1 is 1.21 bits per heavy atom. The molecule has 0 radical (unpaired) electrons. The Balaban J connectivity index is 1.69. The van der Waals surface area contributed by atoms with Crippen molar-refractivity contribution in [2.45, 2.75) is 31.4 Å². The van der Waals surface area contributed by atoms with Crippen molar-refractivity contribution < 1.29 is 9.53 Å². The van der Waals surface area contributed by atoms with Crippen molar-refractivity contribution in [1.29, 1.82) is 0 Å². The zero-order chi connectivity index (χ0) is 13.1. The summed E-state index contributed by atoms with van der Waals surface area (Å²) in [4.78, 5) is 13.9. The lowest BCUT2D eigenvalue weighted by molar-refractivity contribution is 0.0469. The minimum atomic E-state index is -0.255. The Hall–Kier alpha value is -1.55. The molecule has 0 saturated carbocycles. The molecule has 0 unspecified atom stereocenters. The molecule has 4 nitrogen and oxygen atoms in total. The predicted octanol–water partition coefficient (Wildman–Crippen LogP) is 2.15. The molecular formula is C15H20N2O2. The van der Waals surface area contributed by atoms with E-state index in [1.165, 1.54) is 0 Å². The van der Waals surface area contributed by atoms with Gasteiger partial charge in [0, 0.05) is 13.0 Å². The summed E-state index contributed by atoms with van der Waals surface area (Å²) in [7, 11) is 0. The van der Waals surface area contributed by atoms with Crippen LogP contribution in [0.15, 0.2) is 30.3 Å². The van der Waals surface area contributed by atoms with Crippen LogP contribution in [0, 0.1) is 0 Å². The van der Waals surface area contributed by atoms with Crippen molar-refractivity contribution in [3.8, 4) is 0 Å². The highest BCUT2D eigenvalue weighted by Crippen LogP contribution is 2.32. The molecule has 1 amide bonds. The van der Waals surface area contributed by atoms with Gasteiger partial charge in [0.2, 0.25) is 0 Å². The summed E-state index contributed by atoms with van der Waals surface area (Å²) in [6, 6.07) is 10.1. The minimum Gasteiger partial charge on any atom is -0.441 e. The lowest BCUT2D eigenvalue weighted by atomic mass is 9.95. The molecule has 19 heavy (non-hydrogen) atoms. The summed E-state index contributed by atoms with van der Waals surface area (Å²) in [5, 5.41) is 3.37. The van der Waals surface area contributed by atoms with Gasteiger partial charge >= 0.3 is 6.09 Å². The number of nitrogens with one attached hydrogen (secondary N) is 1. The zero-order valence-corrected chi connectivity index (χ0v) is 11.1. The molecule has 1 spiro atoms. The first-order valence-electron chi connectivity index (χ1n) is 7.00. The molecule has 3 rings (SSSR count). The van der Waals surface area contributed by atoms with Crippen LogP contribution >= 0.6 is 0 Å². The molecule has 1 aromatic rings. The van der Waals surface area contributed by atoms with Gasteiger partial charge in [0.05, 0.1) is 6.54 Å². The van der Waals surface area contributed by atoms with Crippen molar-refractivity contribution in [3.05, 3.63) is 35.9 Å². The predicted molar refractivity (Wildman–Crippen MR) is 72.8 cm³/mol. The average Bonchev–Trinajstić information content (AvgIpc) is 2.60. The number of benzene rings is 1. The van der Waals surface area contributed by atoms with Gasteiger partial charge in [-0.25, -0.2) is 4.79 Å². The van der Waals surface area contributed by atoms with Crippen LogP contribution in [0.5, 0.6) is 0 Å². The second-order valence-corrected chi connectivity index (χ2v) is 5.50. The molecule has 102 valence electrons. The lowest BCUT2D eigenvalue weighted by Gasteiger charge is -2.24. The van der Waals surface area contributed by atoms with Crippen molar-refractivity contribution in [1.82, 2.24) is 10.2 Å². The SMILES string of the molecule is O=C1O[C@]2(CCCNCC2)CN1Cc1ccccc1. The molecule has 2 aliphatic rings. The normalized spacial score (nSPS) is 27.4. The first-order valence-corrected chi connectivity index (χ1v) is 7.00. The van der Waals surface area contributed by atoms with Crippen molar-refractivity contribution >= 4 is 6.09 Å². The van der Waals surface area contributed by atoms with Gasteiger partial charge in [0.15, 0.2) is 0 Å². The summed E-state index contributed by atoms with van der Waals surface area (Å²) < 4.78 is 5.70. The standard InChI is InChI=1S/C15H20N2O2/c18-14-17(11-13-5-2-1-3-6-13)12-15(19-14)7-4-9-16-10-8-15/h1-3,5-6,16H,4,7-12H2/t15-/m0/s1. The molecule has 1 atom stereocenters. The van der Waals surface area contributed by atoms with E-state index in [0.29, 0.717) is 6.54 Å². The highest BCUT2D eigenvalue weighted by molar-refractivity contribution is 5.70. The molecule has 1 N–H and O–H groups in total. The van der Waals surface area contributed by atoms with E-state index in [1.54, 1.807) is 0 Å². The monoisotopic (exact) mass is 260 g/mol. The molecule has 0 aromatic heterocycles. The number of hydrogen-bond acceptors (Lipinski definition) is 3. The molecule has 0 aliphatic carbocycles. The molecule has 4 heteroatoms. The van der Waals surface area contributed by atoms with Gasteiger partial charge < -0.3 is 10.1 Å². The van der Waals surface area contributed by atoms with Crippen molar-refractivity contribution in [2.24, 2.45) is 0 Å². The van der Waals surface area contributed by atoms with Crippen molar-refractivity contribution in [3.63, 3.8) is 0 Å². The van der Waals surface area contributed by atoms with E-state index in [4.69, 9.17) is 4.74 Å². The fraction of sp³-hybridized carbons (Fsp3) is 0.533.